The van der Waals surface area contributed by atoms with Crippen molar-refractivity contribution < 1.29 is 4.74 Å². The molecule has 0 amide bonds. The van der Waals surface area contributed by atoms with Crippen molar-refractivity contribution in [2.45, 2.75) is 13.0 Å². The van der Waals surface area contributed by atoms with Crippen LogP contribution in [0.3, 0.4) is 0 Å². The average Bonchev–Trinajstić information content (AvgIpc) is 2.27. The summed E-state index contributed by atoms with van der Waals surface area (Å²) in [4.78, 5) is 0. The van der Waals surface area contributed by atoms with Crippen molar-refractivity contribution >= 4 is 11.6 Å². The van der Waals surface area contributed by atoms with Crippen LogP contribution in [0.15, 0.2) is 24.3 Å². The summed E-state index contributed by atoms with van der Waals surface area (Å²) in [5.41, 5.74) is 0. The van der Waals surface area contributed by atoms with Crippen LogP contribution in [0.25, 0.3) is 0 Å². The highest BCUT2D eigenvalue weighted by molar-refractivity contribution is 6.30. The third kappa shape index (κ3) is 5.35. The van der Waals surface area contributed by atoms with E-state index in [1.807, 2.05) is 31.3 Å². The molecule has 0 bridgehead atoms. The molecule has 90 valence electrons. The Morgan fingerprint density at radius 2 is 2.00 bits per heavy atom. The second-order valence-corrected chi connectivity index (χ2v) is 4.15. The van der Waals surface area contributed by atoms with Gasteiger partial charge >= 0.3 is 0 Å². The number of hydrogen-bond acceptors (Lipinski definition) is 3. The molecular weight excluding hydrogens is 224 g/mol. The molecule has 0 aromatic heterocycles. The fraction of sp³-hybridized carbons (Fsp3) is 0.500. The lowest BCUT2D eigenvalue weighted by Gasteiger charge is -2.13. The first-order chi connectivity index (χ1) is 7.72. The third-order valence-electron chi connectivity index (χ3n) is 2.19. The number of ether oxygens (including phenoxy) is 1. The number of hydrogen-bond donors (Lipinski definition) is 2. The first-order valence-corrected chi connectivity index (χ1v) is 5.86. The Kier molecular flexibility index (Phi) is 6.23. The Balaban J connectivity index is 2.13. The predicted octanol–water partition coefficient (Wildman–Crippen LogP) is 1.92. The summed E-state index contributed by atoms with van der Waals surface area (Å²) in [6, 6.07) is 7.86. The van der Waals surface area contributed by atoms with E-state index in [1.54, 1.807) is 0 Å². The summed E-state index contributed by atoms with van der Waals surface area (Å²) in [6.45, 7) is 4.60. The second-order valence-electron chi connectivity index (χ2n) is 3.72. The molecule has 0 aliphatic carbocycles. The van der Waals surface area contributed by atoms with Crippen LogP contribution in [0.4, 0.5) is 0 Å². The smallest absolute Gasteiger partial charge is 0.119 e. The lowest BCUT2D eigenvalue weighted by Crippen LogP contribution is -2.37. The molecule has 1 unspecified atom stereocenters. The summed E-state index contributed by atoms with van der Waals surface area (Å²) < 4.78 is 5.55. The van der Waals surface area contributed by atoms with Gasteiger partial charge in [0.2, 0.25) is 0 Å². The molecule has 0 spiro atoms. The van der Waals surface area contributed by atoms with E-state index >= 15 is 0 Å². The molecule has 0 saturated carbocycles. The normalized spacial score (nSPS) is 12.4. The molecule has 3 nitrogen and oxygen atoms in total. The maximum absolute atomic E-state index is 5.77. The number of rotatable bonds is 7. The highest BCUT2D eigenvalue weighted by Gasteiger charge is 1.98. The number of halogens is 1. The Hall–Kier alpha value is -0.770. The highest BCUT2D eigenvalue weighted by atomic mass is 35.5. The zero-order valence-electron chi connectivity index (χ0n) is 9.79. The minimum Gasteiger partial charge on any atom is -0.492 e. The Labute approximate surface area is 102 Å². The van der Waals surface area contributed by atoms with Gasteiger partial charge in [-0.2, -0.15) is 0 Å². The van der Waals surface area contributed by atoms with E-state index < -0.39 is 0 Å². The Morgan fingerprint density at radius 3 is 2.62 bits per heavy atom. The number of benzene rings is 1. The zero-order chi connectivity index (χ0) is 11.8. The highest BCUT2D eigenvalue weighted by Crippen LogP contribution is 2.14. The van der Waals surface area contributed by atoms with Gasteiger partial charge in [0.1, 0.15) is 12.4 Å². The van der Waals surface area contributed by atoms with Crippen molar-refractivity contribution in [3.05, 3.63) is 29.3 Å². The van der Waals surface area contributed by atoms with E-state index in [4.69, 9.17) is 16.3 Å². The van der Waals surface area contributed by atoms with Gasteiger partial charge in [0.15, 0.2) is 0 Å². The van der Waals surface area contributed by atoms with Crippen LogP contribution in [0.2, 0.25) is 5.02 Å². The largest absolute Gasteiger partial charge is 0.492 e. The van der Waals surface area contributed by atoms with Gasteiger partial charge in [-0.15, -0.1) is 0 Å². The predicted molar refractivity (Wildman–Crippen MR) is 68.3 cm³/mol. The topological polar surface area (TPSA) is 33.3 Å². The summed E-state index contributed by atoms with van der Waals surface area (Å²) in [7, 11) is 1.95. The third-order valence-corrected chi connectivity index (χ3v) is 2.44. The van der Waals surface area contributed by atoms with Crippen LogP contribution >= 0.6 is 11.6 Å². The van der Waals surface area contributed by atoms with E-state index in [-0.39, 0.29) is 0 Å². The van der Waals surface area contributed by atoms with E-state index in [0.717, 1.165) is 23.9 Å². The summed E-state index contributed by atoms with van der Waals surface area (Å²) >= 11 is 5.77. The summed E-state index contributed by atoms with van der Waals surface area (Å²) in [5.74, 6) is 0.854. The maximum Gasteiger partial charge on any atom is 0.119 e. The molecule has 2 N–H and O–H groups in total. The molecular formula is C12H19ClN2O. The summed E-state index contributed by atoms with van der Waals surface area (Å²) in [6.07, 6.45) is 0. The van der Waals surface area contributed by atoms with E-state index in [9.17, 15) is 0 Å². The molecule has 4 heteroatoms. The van der Waals surface area contributed by atoms with Gasteiger partial charge in [-0.05, 0) is 38.2 Å². The van der Waals surface area contributed by atoms with E-state index in [2.05, 4.69) is 17.6 Å². The van der Waals surface area contributed by atoms with Crippen LogP contribution in [0.5, 0.6) is 5.75 Å². The first kappa shape index (κ1) is 13.3. The van der Waals surface area contributed by atoms with E-state index in [1.165, 1.54) is 0 Å². The fourth-order valence-corrected chi connectivity index (χ4v) is 1.51. The molecule has 1 atom stereocenters. The van der Waals surface area contributed by atoms with E-state index in [0.29, 0.717) is 12.6 Å². The van der Waals surface area contributed by atoms with Crippen molar-refractivity contribution in [3.63, 3.8) is 0 Å². The molecule has 16 heavy (non-hydrogen) atoms. The van der Waals surface area contributed by atoms with Crippen molar-refractivity contribution in [2.24, 2.45) is 0 Å². The van der Waals surface area contributed by atoms with Crippen molar-refractivity contribution in [3.8, 4) is 5.75 Å². The molecule has 0 radical (unpaired) electrons. The lowest BCUT2D eigenvalue weighted by molar-refractivity contribution is 0.306. The number of likely N-dealkylation sites (N-methyl/N-ethyl adjacent to an activating group) is 1. The molecule has 0 heterocycles. The van der Waals surface area contributed by atoms with Crippen LogP contribution in [-0.2, 0) is 0 Å². The standard InChI is InChI=1S/C12H19ClN2O/c1-10(9-14-2)15-7-8-16-12-5-3-11(13)4-6-12/h3-6,10,14-15H,7-9H2,1-2H3. The second kappa shape index (κ2) is 7.49. The van der Waals surface area contributed by atoms with Gasteiger partial charge in [0.05, 0.1) is 0 Å². The lowest BCUT2D eigenvalue weighted by atomic mass is 10.3. The molecule has 0 aliphatic rings. The van der Waals surface area contributed by atoms with Crippen molar-refractivity contribution in [2.75, 3.05) is 26.7 Å². The number of nitrogens with one attached hydrogen (secondary N) is 2. The van der Waals surface area contributed by atoms with Gasteiger partial charge in [-0.25, -0.2) is 0 Å². The molecule has 1 rings (SSSR count). The van der Waals surface area contributed by atoms with Gasteiger partial charge in [0, 0.05) is 24.2 Å². The van der Waals surface area contributed by atoms with Crippen LogP contribution in [0, 0.1) is 0 Å². The summed E-state index contributed by atoms with van der Waals surface area (Å²) in [5, 5.41) is 7.20. The van der Waals surface area contributed by atoms with Crippen molar-refractivity contribution in [1.82, 2.24) is 10.6 Å². The van der Waals surface area contributed by atoms with Crippen LogP contribution < -0.4 is 15.4 Å². The minimum atomic E-state index is 0.457. The average molecular weight is 243 g/mol. The molecule has 0 aliphatic heterocycles. The van der Waals surface area contributed by atoms with Gasteiger partial charge in [-0.3, -0.25) is 0 Å². The minimum absolute atomic E-state index is 0.457. The monoisotopic (exact) mass is 242 g/mol. The maximum atomic E-state index is 5.77. The van der Waals surface area contributed by atoms with Gasteiger partial charge in [-0.1, -0.05) is 11.6 Å². The molecule has 1 aromatic rings. The van der Waals surface area contributed by atoms with Crippen LogP contribution in [-0.4, -0.2) is 32.8 Å². The van der Waals surface area contributed by atoms with Crippen LogP contribution in [0.1, 0.15) is 6.92 Å². The van der Waals surface area contributed by atoms with Crippen molar-refractivity contribution in [1.29, 1.82) is 0 Å². The Morgan fingerprint density at radius 1 is 1.31 bits per heavy atom. The Bertz CT molecular complexity index is 290. The van der Waals surface area contributed by atoms with Gasteiger partial charge < -0.3 is 15.4 Å². The molecule has 0 fully saturated rings. The first-order valence-electron chi connectivity index (χ1n) is 5.48. The molecule has 0 saturated heterocycles. The quantitative estimate of drug-likeness (QED) is 0.717. The zero-order valence-corrected chi connectivity index (χ0v) is 10.6. The fourth-order valence-electron chi connectivity index (χ4n) is 1.38. The SMILES string of the molecule is CNCC(C)NCCOc1ccc(Cl)cc1. The van der Waals surface area contributed by atoms with Gasteiger partial charge in [0.25, 0.3) is 0 Å². The molecule has 1 aromatic carbocycles.